The highest BCUT2D eigenvalue weighted by molar-refractivity contribution is 5.97. The number of nitrogens with one attached hydrogen (secondary N) is 1. The van der Waals surface area contributed by atoms with E-state index in [9.17, 15) is 19.8 Å². The van der Waals surface area contributed by atoms with Gasteiger partial charge in [-0.2, -0.15) is 0 Å². The van der Waals surface area contributed by atoms with Gasteiger partial charge < -0.3 is 20.4 Å². The van der Waals surface area contributed by atoms with Gasteiger partial charge in [0.1, 0.15) is 12.1 Å². The Balaban J connectivity index is 1.71. The van der Waals surface area contributed by atoms with E-state index in [0.29, 0.717) is 26.1 Å². The van der Waals surface area contributed by atoms with Crippen LogP contribution in [0.25, 0.3) is 0 Å². The van der Waals surface area contributed by atoms with E-state index in [0.717, 1.165) is 57.9 Å². The predicted molar refractivity (Wildman–Crippen MR) is 173 cm³/mol. The normalized spacial score (nSPS) is 20.3. The second kappa shape index (κ2) is 23.2. The maximum Gasteiger partial charge on any atom is 0.245 e. The molecule has 2 aliphatic heterocycles. The summed E-state index contributed by atoms with van der Waals surface area (Å²) in [6.45, 7) is 7.19. The number of fused-ring (bicyclic) bond motifs is 1. The van der Waals surface area contributed by atoms with Gasteiger partial charge in [0.15, 0.2) is 0 Å². The van der Waals surface area contributed by atoms with E-state index in [2.05, 4.69) is 24.1 Å². The van der Waals surface area contributed by atoms with Crippen LogP contribution in [0.5, 0.6) is 0 Å². The predicted octanol–water partition coefficient (Wildman–Crippen LogP) is 6.73. The third-order valence-electron chi connectivity index (χ3n) is 9.39. The van der Waals surface area contributed by atoms with Gasteiger partial charge in [0.2, 0.25) is 11.8 Å². The number of carbonyl (C=O) groups is 2. The molecule has 0 aromatic rings. The SMILES string of the molecule is CCCCCCCCCCC(O)CN(CCCCC1NC(=O)C2CCCN2C1=O)CC(O)CCCCCCCCCC. The Bertz CT molecular complexity index is 678. The van der Waals surface area contributed by atoms with Crippen LogP contribution in [-0.2, 0) is 9.59 Å². The summed E-state index contributed by atoms with van der Waals surface area (Å²) in [5.74, 6) is 0.0856. The zero-order valence-corrected chi connectivity index (χ0v) is 27.5. The fourth-order valence-corrected chi connectivity index (χ4v) is 6.78. The average Bonchev–Trinajstić information content (AvgIpc) is 3.47. The van der Waals surface area contributed by atoms with Crippen molar-refractivity contribution in [1.29, 1.82) is 0 Å². The van der Waals surface area contributed by atoms with E-state index in [1.54, 1.807) is 4.90 Å². The molecule has 246 valence electrons. The molecule has 2 heterocycles. The van der Waals surface area contributed by atoms with Crippen LogP contribution in [0.3, 0.4) is 0 Å². The maximum absolute atomic E-state index is 12.8. The summed E-state index contributed by atoms with van der Waals surface area (Å²) < 4.78 is 0. The van der Waals surface area contributed by atoms with Crippen molar-refractivity contribution in [3.8, 4) is 0 Å². The van der Waals surface area contributed by atoms with E-state index in [4.69, 9.17) is 0 Å². The number of piperazine rings is 1. The summed E-state index contributed by atoms with van der Waals surface area (Å²) in [5.41, 5.74) is 0. The Morgan fingerprint density at radius 2 is 1.24 bits per heavy atom. The second-order valence-electron chi connectivity index (χ2n) is 13.3. The molecule has 4 unspecified atom stereocenters. The molecule has 2 amide bonds. The molecule has 0 aliphatic carbocycles. The van der Waals surface area contributed by atoms with Crippen LogP contribution >= 0.6 is 0 Å². The first-order chi connectivity index (χ1) is 20.5. The molecule has 2 aliphatic rings. The number of unbranched alkanes of at least 4 members (excludes halogenated alkanes) is 15. The highest BCUT2D eigenvalue weighted by Crippen LogP contribution is 2.23. The highest BCUT2D eigenvalue weighted by Gasteiger charge is 2.42. The summed E-state index contributed by atoms with van der Waals surface area (Å²) >= 11 is 0. The summed E-state index contributed by atoms with van der Waals surface area (Å²) in [6.07, 6.45) is 25.2. The Morgan fingerprint density at radius 1 is 0.738 bits per heavy atom. The average molecular weight is 594 g/mol. The Morgan fingerprint density at radius 3 is 1.76 bits per heavy atom. The first-order valence-electron chi connectivity index (χ1n) is 18.2. The minimum atomic E-state index is -0.402. The van der Waals surface area contributed by atoms with E-state index in [1.165, 1.54) is 89.9 Å². The third-order valence-corrected chi connectivity index (χ3v) is 9.39. The highest BCUT2D eigenvalue weighted by atomic mass is 16.3. The number of carbonyl (C=O) groups excluding carboxylic acids is 2. The molecule has 7 nitrogen and oxygen atoms in total. The molecule has 2 saturated heterocycles. The van der Waals surface area contributed by atoms with Crippen LogP contribution in [0.4, 0.5) is 0 Å². The van der Waals surface area contributed by atoms with Crippen molar-refractivity contribution < 1.29 is 19.8 Å². The molecule has 0 bridgehead atoms. The lowest BCUT2D eigenvalue weighted by molar-refractivity contribution is -0.147. The molecule has 42 heavy (non-hydrogen) atoms. The van der Waals surface area contributed by atoms with Crippen molar-refractivity contribution in [3.05, 3.63) is 0 Å². The second-order valence-corrected chi connectivity index (χ2v) is 13.3. The molecule has 0 spiro atoms. The first-order valence-corrected chi connectivity index (χ1v) is 18.2. The Labute approximate surface area is 258 Å². The monoisotopic (exact) mass is 594 g/mol. The van der Waals surface area contributed by atoms with Crippen LogP contribution in [0.2, 0.25) is 0 Å². The third kappa shape index (κ3) is 15.5. The molecule has 2 fully saturated rings. The molecular formula is C35H67N3O4. The fraction of sp³-hybridized carbons (Fsp3) is 0.943. The van der Waals surface area contributed by atoms with Gasteiger partial charge in [0.25, 0.3) is 0 Å². The molecule has 2 rings (SSSR count). The minimum absolute atomic E-state index is 0.00638. The topological polar surface area (TPSA) is 93.1 Å². The van der Waals surface area contributed by atoms with Gasteiger partial charge in [-0.05, 0) is 51.5 Å². The van der Waals surface area contributed by atoms with E-state index >= 15 is 0 Å². The van der Waals surface area contributed by atoms with E-state index in [-0.39, 0.29) is 30.1 Å². The van der Waals surface area contributed by atoms with Crippen LogP contribution in [0.15, 0.2) is 0 Å². The van der Waals surface area contributed by atoms with Gasteiger partial charge in [-0.25, -0.2) is 0 Å². The molecule has 0 aromatic heterocycles. The van der Waals surface area contributed by atoms with Gasteiger partial charge in [-0.1, -0.05) is 117 Å². The van der Waals surface area contributed by atoms with Crippen molar-refractivity contribution in [1.82, 2.24) is 15.1 Å². The van der Waals surface area contributed by atoms with Crippen LogP contribution in [-0.4, -0.2) is 82.3 Å². The number of hydrogen-bond donors (Lipinski definition) is 3. The molecular weight excluding hydrogens is 526 g/mol. The van der Waals surface area contributed by atoms with E-state index in [1.807, 2.05) is 0 Å². The summed E-state index contributed by atoms with van der Waals surface area (Å²) in [7, 11) is 0. The van der Waals surface area contributed by atoms with Gasteiger partial charge in [0, 0.05) is 19.6 Å². The van der Waals surface area contributed by atoms with Gasteiger partial charge in [-0.3, -0.25) is 14.5 Å². The summed E-state index contributed by atoms with van der Waals surface area (Å²) in [5, 5.41) is 24.6. The van der Waals surface area contributed by atoms with Crippen LogP contribution < -0.4 is 5.32 Å². The van der Waals surface area contributed by atoms with Gasteiger partial charge in [0.05, 0.1) is 12.2 Å². The quantitative estimate of drug-likeness (QED) is 0.0919. The van der Waals surface area contributed by atoms with Gasteiger partial charge in [-0.15, -0.1) is 0 Å². The number of aliphatic hydroxyl groups is 2. The number of amides is 2. The molecule has 0 aromatic carbocycles. The standard InChI is InChI=1S/C35H67N3O4/c1-3-5-7-9-11-13-15-17-22-30(39)28-37(29-31(40)23-18-16-14-12-10-8-6-4-2)26-20-19-24-32-35(42)38-27-21-25-33(38)34(41)36-32/h30-33,39-40H,3-29H2,1-2H3,(H,36,41). The van der Waals surface area contributed by atoms with E-state index < -0.39 is 6.04 Å². The van der Waals surface area contributed by atoms with Crippen molar-refractivity contribution >= 4 is 11.8 Å². The Hall–Kier alpha value is -1.18. The summed E-state index contributed by atoms with van der Waals surface area (Å²) in [6, 6.07) is -0.658. The largest absolute Gasteiger partial charge is 0.392 e. The van der Waals surface area contributed by atoms with Crippen molar-refractivity contribution in [2.45, 2.75) is 186 Å². The van der Waals surface area contributed by atoms with Crippen LogP contribution in [0.1, 0.15) is 162 Å². The molecule has 0 radical (unpaired) electrons. The van der Waals surface area contributed by atoms with Crippen molar-refractivity contribution in [3.63, 3.8) is 0 Å². The first kappa shape index (κ1) is 37.0. The number of rotatable bonds is 27. The van der Waals surface area contributed by atoms with Crippen molar-refractivity contribution in [2.75, 3.05) is 26.2 Å². The smallest absolute Gasteiger partial charge is 0.245 e. The van der Waals surface area contributed by atoms with Crippen LogP contribution in [0, 0.1) is 0 Å². The van der Waals surface area contributed by atoms with Gasteiger partial charge >= 0.3 is 0 Å². The molecule has 0 saturated carbocycles. The summed E-state index contributed by atoms with van der Waals surface area (Å²) in [4.78, 5) is 29.3. The number of nitrogens with zero attached hydrogens (tertiary/aromatic N) is 2. The lowest BCUT2D eigenvalue weighted by atomic mass is 10.0. The fourth-order valence-electron chi connectivity index (χ4n) is 6.78. The number of aliphatic hydroxyl groups excluding tert-OH is 2. The maximum atomic E-state index is 12.8. The zero-order valence-electron chi connectivity index (χ0n) is 27.5. The van der Waals surface area contributed by atoms with Crippen molar-refractivity contribution in [2.24, 2.45) is 0 Å². The lowest BCUT2D eigenvalue weighted by Gasteiger charge is -2.34. The Kier molecular flexibility index (Phi) is 20.5. The minimum Gasteiger partial charge on any atom is -0.392 e. The zero-order chi connectivity index (χ0) is 30.4. The molecule has 4 atom stereocenters. The lowest BCUT2D eigenvalue weighted by Crippen LogP contribution is -2.61. The molecule has 7 heteroatoms. The number of hydrogen-bond acceptors (Lipinski definition) is 5. The molecule has 3 N–H and O–H groups in total.